The number of nitrogens with zero attached hydrogens (tertiary/aromatic N) is 5. The molecule has 0 aliphatic rings. The van der Waals surface area contributed by atoms with E-state index in [9.17, 15) is 10.5 Å². The van der Waals surface area contributed by atoms with Crippen LogP contribution >= 0.6 is 11.6 Å². The molecule has 3 aromatic heterocycles. The van der Waals surface area contributed by atoms with Crippen molar-refractivity contribution in [3.05, 3.63) is 159 Å². The first-order chi connectivity index (χ1) is 34.3. The number of hydrogen-bond donors (Lipinski definition) is 0. The smallest absolute Gasteiger partial charge is 0.104 e. The van der Waals surface area contributed by atoms with E-state index in [2.05, 4.69) is 260 Å². The highest BCUT2D eigenvalue weighted by molar-refractivity contribution is 6.36. The lowest BCUT2D eigenvalue weighted by Gasteiger charge is -2.24. The molecule has 0 unspecified atom stereocenters. The Hall–Kier alpha value is -6.79. The van der Waals surface area contributed by atoms with E-state index in [1.54, 1.807) is 0 Å². The van der Waals surface area contributed by atoms with Crippen LogP contribution in [0.2, 0.25) is 5.02 Å². The van der Waals surface area contributed by atoms with Crippen molar-refractivity contribution in [1.29, 1.82) is 10.5 Å². The highest BCUT2D eigenvalue weighted by Crippen LogP contribution is 2.49. The fourth-order valence-electron chi connectivity index (χ4n) is 11.1. The summed E-state index contributed by atoms with van der Waals surface area (Å²) in [7, 11) is 0. The van der Waals surface area contributed by atoms with Gasteiger partial charge in [0.25, 0.3) is 0 Å². The normalized spacial score (nSPS) is 13.3. The molecule has 0 saturated carbocycles. The van der Waals surface area contributed by atoms with E-state index in [-0.39, 0.29) is 32.5 Å². The maximum Gasteiger partial charge on any atom is 0.104 e. The van der Waals surface area contributed by atoms with Gasteiger partial charge in [-0.05, 0) is 139 Å². The van der Waals surface area contributed by atoms with Gasteiger partial charge in [-0.1, -0.05) is 173 Å². The molecule has 0 radical (unpaired) electrons. The Balaban J connectivity index is 1.48. The third-order valence-corrected chi connectivity index (χ3v) is 16.1. The summed E-state index contributed by atoms with van der Waals surface area (Å²) in [5.74, 6) is 0. The van der Waals surface area contributed by atoms with Gasteiger partial charge in [-0.2, -0.15) is 10.5 Å². The summed E-state index contributed by atoms with van der Waals surface area (Å²) in [5.41, 5.74) is 14.2. The van der Waals surface area contributed by atoms with Gasteiger partial charge >= 0.3 is 0 Å². The van der Waals surface area contributed by atoms with E-state index in [1.165, 1.54) is 33.4 Å². The Bertz CT molecular complexity index is 3690. The maximum atomic E-state index is 12.2. The molecule has 10 rings (SSSR count). The van der Waals surface area contributed by atoms with Crippen LogP contribution in [0.25, 0.3) is 82.5 Å². The number of rotatable bonds is 3. The Morgan fingerprint density at radius 2 is 0.473 bits per heavy atom. The molecule has 0 aliphatic heterocycles. The minimum absolute atomic E-state index is 0.124. The largest absolute Gasteiger partial charge is 0.306 e. The SMILES string of the molecule is CC(C)(C)c1ccc2c(c1)c1cc(C(C)(C)C)ccc1n2-c1c(Cl)c(-n2c3ccc(C(C)(C)C)cc3c3cc(C(C)(C)C)ccc32)c(C#N)c(-n2c3ccc(C(C)(C)C)cc3c3cc(C(C)(C)C)ccc32)c1C#N. The molecular weight excluding hydrogens is 922 g/mol. The summed E-state index contributed by atoms with van der Waals surface area (Å²) in [4.78, 5) is 0. The number of fused-ring (bicyclic) bond motifs is 9. The minimum atomic E-state index is -0.132. The van der Waals surface area contributed by atoms with E-state index in [1.807, 2.05) is 0 Å². The van der Waals surface area contributed by atoms with Crippen LogP contribution in [0.15, 0.2) is 109 Å². The van der Waals surface area contributed by atoms with E-state index < -0.39 is 0 Å². The lowest BCUT2D eigenvalue weighted by Crippen LogP contribution is -2.14. The second-order valence-electron chi connectivity index (χ2n) is 27.2. The minimum Gasteiger partial charge on any atom is -0.306 e. The number of benzene rings is 7. The summed E-state index contributed by atoms with van der Waals surface area (Å²) >= 11 is 8.34. The van der Waals surface area contributed by atoms with Gasteiger partial charge in [0.15, 0.2) is 0 Å². The highest BCUT2D eigenvalue weighted by atomic mass is 35.5. The average molecular weight is 995 g/mol. The molecule has 7 aromatic carbocycles. The first-order valence-electron chi connectivity index (χ1n) is 26.3. The quantitative estimate of drug-likeness (QED) is 0.177. The lowest BCUT2D eigenvalue weighted by atomic mass is 9.85. The van der Waals surface area contributed by atoms with Crippen molar-refractivity contribution in [2.75, 3.05) is 0 Å². The van der Waals surface area contributed by atoms with Gasteiger partial charge in [0.1, 0.15) is 23.3 Å². The molecule has 10 aromatic rings. The Morgan fingerprint density at radius 1 is 0.297 bits per heavy atom. The van der Waals surface area contributed by atoms with Crippen molar-refractivity contribution in [1.82, 2.24) is 13.7 Å². The van der Waals surface area contributed by atoms with E-state index in [0.29, 0.717) is 33.2 Å². The van der Waals surface area contributed by atoms with Crippen LogP contribution in [0.4, 0.5) is 0 Å². The van der Waals surface area contributed by atoms with Crippen molar-refractivity contribution in [3.8, 4) is 29.2 Å². The van der Waals surface area contributed by atoms with Gasteiger partial charge in [-0.15, -0.1) is 0 Å². The van der Waals surface area contributed by atoms with Gasteiger partial charge in [0.2, 0.25) is 0 Å². The molecule has 0 N–H and O–H groups in total. The average Bonchev–Trinajstić information content (AvgIpc) is 3.93. The summed E-state index contributed by atoms with van der Waals surface area (Å²) in [6.45, 7) is 40.5. The summed E-state index contributed by atoms with van der Waals surface area (Å²) in [6, 6.07) is 45.9. The van der Waals surface area contributed by atoms with Crippen LogP contribution in [0, 0.1) is 22.7 Å². The first kappa shape index (κ1) is 50.7. The monoisotopic (exact) mass is 994 g/mol. The predicted molar refractivity (Wildman–Crippen MR) is 316 cm³/mol. The Morgan fingerprint density at radius 3 is 0.635 bits per heavy atom. The van der Waals surface area contributed by atoms with Crippen LogP contribution in [-0.4, -0.2) is 13.7 Å². The Kier molecular flexibility index (Phi) is 11.4. The zero-order valence-electron chi connectivity index (χ0n) is 47.0. The molecule has 376 valence electrons. The zero-order chi connectivity index (χ0) is 53.7. The van der Waals surface area contributed by atoms with Gasteiger partial charge in [-0.3, -0.25) is 0 Å². The van der Waals surface area contributed by atoms with Crippen molar-refractivity contribution >= 4 is 77.0 Å². The van der Waals surface area contributed by atoms with Gasteiger partial charge in [0.05, 0.1) is 55.2 Å². The van der Waals surface area contributed by atoms with E-state index in [4.69, 9.17) is 11.6 Å². The standard InChI is InChI=1S/C68H72ClN5/c1-63(2,3)39-19-25-53-45(31-39)46-32-40(64(4,5)6)20-26-54(46)72(53)60-51(37-70)61(73-55-27-21-41(65(7,8)9)33-47(55)48-34-42(66(10,11)12)22-28-56(48)73)59(69)62(52(60)38-71)74-57-29-23-43(67(13,14)15)35-49(57)50-36-44(68(16,17)18)24-30-58(50)74/h19-36H,1-18H3. The molecule has 74 heavy (non-hydrogen) atoms. The van der Waals surface area contributed by atoms with Gasteiger partial charge < -0.3 is 13.7 Å². The van der Waals surface area contributed by atoms with Crippen molar-refractivity contribution in [2.24, 2.45) is 0 Å². The highest BCUT2D eigenvalue weighted by Gasteiger charge is 2.34. The molecule has 0 saturated heterocycles. The molecule has 0 aliphatic carbocycles. The third-order valence-electron chi connectivity index (χ3n) is 15.7. The number of nitriles is 2. The van der Waals surface area contributed by atoms with Crippen molar-refractivity contribution in [2.45, 2.75) is 157 Å². The molecule has 0 bridgehead atoms. The number of hydrogen-bond acceptors (Lipinski definition) is 2. The van der Waals surface area contributed by atoms with Crippen LogP contribution in [0.3, 0.4) is 0 Å². The fourth-order valence-corrected chi connectivity index (χ4v) is 11.5. The van der Waals surface area contributed by atoms with Crippen molar-refractivity contribution in [3.63, 3.8) is 0 Å². The second kappa shape index (κ2) is 16.6. The van der Waals surface area contributed by atoms with Crippen LogP contribution < -0.4 is 0 Å². The molecule has 0 amide bonds. The van der Waals surface area contributed by atoms with Crippen LogP contribution in [0.1, 0.15) is 169 Å². The first-order valence-corrected chi connectivity index (χ1v) is 26.7. The van der Waals surface area contributed by atoms with Gasteiger partial charge in [-0.25, -0.2) is 0 Å². The summed E-state index contributed by atoms with van der Waals surface area (Å²) in [6.07, 6.45) is 0. The molecule has 6 heteroatoms. The Labute approximate surface area is 444 Å². The zero-order valence-corrected chi connectivity index (χ0v) is 47.8. The molecule has 5 nitrogen and oxygen atoms in total. The summed E-state index contributed by atoms with van der Waals surface area (Å²) in [5, 5.41) is 31.1. The maximum absolute atomic E-state index is 12.2. The molecular formula is C68H72ClN5. The number of halogens is 1. The van der Waals surface area contributed by atoms with E-state index >= 15 is 0 Å². The molecule has 3 heterocycles. The van der Waals surface area contributed by atoms with Gasteiger partial charge in [0, 0.05) is 32.3 Å². The third kappa shape index (κ3) is 8.01. The van der Waals surface area contributed by atoms with E-state index in [0.717, 1.165) is 65.4 Å². The molecule has 0 fully saturated rings. The predicted octanol–water partition coefficient (Wildman–Crippen LogP) is 19.2. The second-order valence-corrected chi connectivity index (χ2v) is 27.6. The molecule has 0 spiro atoms. The lowest BCUT2D eigenvalue weighted by molar-refractivity contribution is 0.590. The molecule has 0 atom stereocenters. The fraction of sp³-hybridized carbons (Fsp3) is 0.353. The summed E-state index contributed by atoms with van der Waals surface area (Å²) < 4.78 is 6.62. The van der Waals surface area contributed by atoms with Crippen LogP contribution in [0.5, 0.6) is 0 Å². The topological polar surface area (TPSA) is 62.4 Å². The van der Waals surface area contributed by atoms with Crippen LogP contribution in [-0.2, 0) is 32.5 Å². The number of aromatic nitrogens is 3. The van der Waals surface area contributed by atoms with Crippen molar-refractivity contribution < 1.29 is 0 Å².